The molecule has 2 aliphatic rings. The molecule has 0 radical (unpaired) electrons. The summed E-state index contributed by atoms with van der Waals surface area (Å²) in [4.78, 5) is 25.0. The fraction of sp³-hybridized carbons (Fsp3) is 0.500. The molecule has 0 bridgehead atoms. The van der Waals surface area contributed by atoms with Gasteiger partial charge in [0.25, 0.3) is 0 Å². The minimum absolute atomic E-state index is 0.0206. The molecule has 0 unspecified atom stereocenters. The number of rotatable bonds is 1. The quantitative estimate of drug-likeness (QED) is 0.678. The standard InChI is InChI=1S/C16H18O6/c1-15-11(19)4-3-5-16(15,21)7-9(18)12-8(17)6-10(22-2)14(20)13(12)15/h6,17,20-21H,3-5,7H2,1-2H3/t15-,16+/m0/s1. The maximum atomic E-state index is 12.6. The SMILES string of the molecule is COc1cc(O)c2c(c1O)[C@]1(C)C(=O)CCC[C@@]1(O)CC2=O. The van der Waals surface area contributed by atoms with Crippen LogP contribution < -0.4 is 4.74 Å². The molecule has 0 amide bonds. The van der Waals surface area contributed by atoms with Crippen molar-refractivity contribution >= 4 is 11.6 Å². The summed E-state index contributed by atoms with van der Waals surface area (Å²) in [7, 11) is 1.31. The van der Waals surface area contributed by atoms with Crippen molar-refractivity contribution in [3.63, 3.8) is 0 Å². The van der Waals surface area contributed by atoms with Crippen molar-refractivity contribution in [1.82, 2.24) is 0 Å². The van der Waals surface area contributed by atoms with E-state index in [0.717, 1.165) is 6.07 Å². The minimum atomic E-state index is -1.55. The summed E-state index contributed by atoms with van der Waals surface area (Å²) in [6, 6.07) is 1.15. The Balaban J connectivity index is 2.41. The van der Waals surface area contributed by atoms with Crippen molar-refractivity contribution in [3.05, 3.63) is 17.2 Å². The molecule has 118 valence electrons. The molecular weight excluding hydrogens is 288 g/mol. The second-order valence-corrected chi connectivity index (χ2v) is 6.23. The lowest BCUT2D eigenvalue weighted by atomic mass is 9.54. The smallest absolute Gasteiger partial charge is 0.169 e. The molecule has 1 fully saturated rings. The van der Waals surface area contributed by atoms with Crippen LogP contribution in [0.25, 0.3) is 0 Å². The molecule has 0 heterocycles. The average molecular weight is 306 g/mol. The molecule has 1 saturated carbocycles. The van der Waals surface area contributed by atoms with Crippen LogP contribution in [0.1, 0.15) is 48.5 Å². The summed E-state index contributed by atoms with van der Waals surface area (Å²) in [6.07, 6.45) is 0.785. The zero-order chi connectivity index (χ0) is 16.3. The highest BCUT2D eigenvalue weighted by Gasteiger charge is 2.61. The van der Waals surface area contributed by atoms with Crippen molar-refractivity contribution in [3.8, 4) is 17.2 Å². The van der Waals surface area contributed by atoms with Gasteiger partial charge in [0, 0.05) is 24.5 Å². The van der Waals surface area contributed by atoms with Gasteiger partial charge in [-0.2, -0.15) is 0 Å². The largest absolute Gasteiger partial charge is 0.507 e. The van der Waals surface area contributed by atoms with E-state index in [2.05, 4.69) is 0 Å². The lowest BCUT2D eigenvalue weighted by Gasteiger charge is -2.50. The number of ether oxygens (including phenoxy) is 1. The van der Waals surface area contributed by atoms with Crippen LogP contribution in [-0.4, -0.2) is 39.6 Å². The third kappa shape index (κ3) is 1.58. The van der Waals surface area contributed by atoms with Gasteiger partial charge in [-0.3, -0.25) is 9.59 Å². The number of benzene rings is 1. The van der Waals surface area contributed by atoms with Crippen LogP contribution in [0, 0.1) is 0 Å². The fourth-order valence-electron chi connectivity index (χ4n) is 3.85. The zero-order valence-corrected chi connectivity index (χ0v) is 12.5. The number of carbonyl (C=O) groups is 2. The van der Waals surface area contributed by atoms with Crippen LogP contribution >= 0.6 is 0 Å². The van der Waals surface area contributed by atoms with Crippen LogP contribution in [-0.2, 0) is 10.2 Å². The molecule has 1 aromatic carbocycles. The molecule has 3 rings (SSSR count). The summed E-state index contributed by atoms with van der Waals surface area (Å²) in [5.41, 5.74) is -3.11. The van der Waals surface area contributed by atoms with Crippen LogP contribution in [0.4, 0.5) is 0 Å². The summed E-state index contributed by atoms with van der Waals surface area (Å²) < 4.78 is 5.01. The Morgan fingerprint density at radius 2 is 1.95 bits per heavy atom. The van der Waals surface area contributed by atoms with Gasteiger partial charge in [-0.1, -0.05) is 0 Å². The van der Waals surface area contributed by atoms with E-state index in [0.29, 0.717) is 6.42 Å². The Labute approximate surface area is 127 Å². The van der Waals surface area contributed by atoms with E-state index < -0.39 is 16.8 Å². The van der Waals surface area contributed by atoms with Gasteiger partial charge in [0.05, 0.1) is 23.7 Å². The number of carbonyl (C=O) groups excluding carboxylic acids is 2. The number of methoxy groups -OCH3 is 1. The molecule has 6 heteroatoms. The number of Topliss-reactive ketones (excluding diaryl/α,β-unsaturated/α-hetero) is 2. The summed E-state index contributed by atoms with van der Waals surface area (Å²) in [5.74, 6) is -1.50. The predicted molar refractivity (Wildman–Crippen MR) is 76.4 cm³/mol. The normalized spacial score (nSPS) is 30.7. The van der Waals surface area contributed by atoms with Gasteiger partial charge in [0.1, 0.15) is 11.5 Å². The highest BCUT2D eigenvalue weighted by molar-refractivity contribution is 6.08. The predicted octanol–water partition coefficient (Wildman–Crippen LogP) is 1.43. The fourth-order valence-corrected chi connectivity index (χ4v) is 3.85. The molecule has 0 aliphatic heterocycles. The van der Waals surface area contributed by atoms with Crippen LogP contribution in [0.5, 0.6) is 17.2 Å². The first-order chi connectivity index (χ1) is 10.3. The van der Waals surface area contributed by atoms with E-state index in [1.807, 2.05) is 0 Å². The van der Waals surface area contributed by atoms with Gasteiger partial charge in [0.15, 0.2) is 17.3 Å². The van der Waals surface area contributed by atoms with E-state index in [1.165, 1.54) is 14.0 Å². The van der Waals surface area contributed by atoms with Crippen LogP contribution in [0.15, 0.2) is 6.07 Å². The van der Waals surface area contributed by atoms with Gasteiger partial charge in [-0.05, 0) is 19.8 Å². The van der Waals surface area contributed by atoms with E-state index >= 15 is 0 Å². The molecule has 0 spiro atoms. The molecule has 3 N–H and O–H groups in total. The summed E-state index contributed by atoms with van der Waals surface area (Å²) in [6.45, 7) is 1.53. The molecule has 2 atom stereocenters. The van der Waals surface area contributed by atoms with Gasteiger partial charge in [-0.25, -0.2) is 0 Å². The number of hydrogen-bond acceptors (Lipinski definition) is 6. The van der Waals surface area contributed by atoms with Crippen molar-refractivity contribution in [2.75, 3.05) is 7.11 Å². The first kappa shape index (κ1) is 14.8. The van der Waals surface area contributed by atoms with Crippen molar-refractivity contribution < 1.29 is 29.6 Å². The number of hydrogen-bond donors (Lipinski definition) is 3. The lowest BCUT2D eigenvalue weighted by molar-refractivity contribution is -0.142. The molecule has 22 heavy (non-hydrogen) atoms. The lowest BCUT2D eigenvalue weighted by Crippen LogP contribution is -2.61. The molecule has 1 aromatic rings. The second-order valence-electron chi connectivity index (χ2n) is 6.23. The Hall–Kier alpha value is -2.08. The topological polar surface area (TPSA) is 104 Å². The zero-order valence-electron chi connectivity index (χ0n) is 12.5. The van der Waals surface area contributed by atoms with Gasteiger partial charge in [0.2, 0.25) is 0 Å². The van der Waals surface area contributed by atoms with E-state index in [1.54, 1.807) is 0 Å². The number of phenols is 2. The Morgan fingerprint density at radius 3 is 2.59 bits per heavy atom. The van der Waals surface area contributed by atoms with Gasteiger partial charge >= 0.3 is 0 Å². The van der Waals surface area contributed by atoms with Crippen molar-refractivity contribution in [2.24, 2.45) is 0 Å². The first-order valence-electron chi connectivity index (χ1n) is 7.18. The third-order valence-corrected chi connectivity index (χ3v) is 5.18. The number of ketones is 2. The monoisotopic (exact) mass is 306 g/mol. The van der Waals surface area contributed by atoms with E-state index in [4.69, 9.17) is 4.74 Å². The minimum Gasteiger partial charge on any atom is -0.507 e. The number of aromatic hydroxyl groups is 2. The summed E-state index contributed by atoms with van der Waals surface area (Å²) in [5, 5.41) is 31.5. The second kappa shape index (κ2) is 4.46. The first-order valence-corrected chi connectivity index (χ1v) is 7.18. The summed E-state index contributed by atoms with van der Waals surface area (Å²) >= 11 is 0. The van der Waals surface area contributed by atoms with Crippen LogP contribution in [0.3, 0.4) is 0 Å². The van der Waals surface area contributed by atoms with Crippen LogP contribution in [0.2, 0.25) is 0 Å². The molecule has 2 aliphatic carbocycles. The molecule has 6 nitrogen and oxygen atoms in total. The number of fused-ring (bicyclic) bond motifs is 3. The van der Waals surface area contributed by atoms with Gasteiger partial charge in [-0.15, -0.1) is 0 Å². The average Bonchev–Trinajstić information content (AvgIpc) is 2.45. The maximum absolute atomic E-state index is 12.6. The highest BCUT2D eigenvalue weighted by atomic mass is 16.5. The number of phenolic OH excluding ortho intramolecular Hbond substituents is 2. The Bertz CT molecular complexity index is 694. The van der Waals surface area contributed by atoms with Crippen molar-refractivity contribution in [2.45, 2.75) is 43.6 Å². The highest BCUT2D eigenvalue weighted by Crippen LogP contribution is 2.56. The molecule has 0 aromatic heterocycles. The maximum Gasteiger partial charge on any atom is 0.169 e. The van der Waals surface area contributed by atoms with Crippen molar-refractivity contribution in [1.29, 1.82) is 0 Å². The number of aliphatic hydroxyl groups is 1. The van der Waals surface area contributed by atoms with E-state index in [9.17, 15) is 24.9 Å². The Morgan fingerprint density at radius 1 is 1.27 bits per heavy atom. The third-order valence-electron chi connectivity index (χ3n) is 5.18. The van der Waals surface area contributed by atoms with E-state index in [-0.39, 0.29) is 53.4 Å². The Kier molecular flexibility index (Phi) is 3.01. The van der Waals surface area contributed by atoms with Gasteiger partial charge < -0.3 is 20.1 Å². The molecular formula is C16H18O6. The molecule has 0 saturated heterocycles.